The number of aliphatic hydroxyl groups is 1. The second-order valence-electron chi connectivity index (χ2n) is 7.93. The molecule has 8 heteroatoms. The van der Waals surface area contributed by atoms with E-state index < -0.39 is 29.8 Å². The van der Waals surface area contributed by atoms with Crippen molar-refractivity contribution in [2.24, 2.45) is 23.7 Å². The van der Waals surface area contributed by atoms with Crippen LogP contribution in [0.2, 0.25) is 0 Å². The summed E-state index contributed by atoms with van der Waals surface area (Å²) in [6.45, 7) is 3.32. The van der Waals surface area contributed by atoms with Crippen LogP contribution in [-0.4, -0.2) is 60.6 Å². The van der Waals surface area contributed by atoms with Crippen molar-refractivity contribution in [1.82, 2.24) is 10.2 Å². The molecule has 0 radical (unpaired) electrons. The lowest BCUT2D eigenvalue weighted by Gasteiger charge is -2.32. The molecule has 2 aliphatic rings. The minimum absolute atomic E-state index is 0.134. The van der Waals surface area contributed by atoms with Gasteiger partial charge < -0.3 is 25.4 Å². The molecule has 0 unspecified atom stereocenters. The molecule has 1 fully saturated rings. The number of nitrogens with zero attached hydrogens (tertiary/aromatic N) is 1. The van der Waals surface area contributed by atoms with Gasteiger partial charge in [0.15, 0.2) is 0 Å². The minimum Gasteiger partial charge on any atom is -0.497 e. The maximum absolute atomic E-state index is 13.4. The fraction of sp³-hybridized carbons (Fsp3) is 0.500. The van der Waals surface area contributed by atoms with Crippen LogP contribution in [-0.2, 0) is 14.4 Å². The third-order valence-corrected chi connectivity index (χ3v) is 6.12. The Balaban J connectivity index is 1.95. The van der Waals surface area contributed by atoms with E-state index in [-0.39, 0.29) is 30.2 Å². The number of carbonyl (C=O) groups excluding carboxylic acids is 3. The predicted molar refractivity (Wildman–Crippen MR) is 112 cm³/mol. The Labute approximate surface area is 176 Å². The lowest BCUT2D eigenvalue weighted by atomic mass is 9.70. The molecule has 0 saturated carbocycles. The maximum Gasteiger partial charge on any atom is 0.247 e. The zero-order chi connectivity index (χ0) is 22.0. The van der Waals surface area contributed by atoms with Crippen molar-refractivity contribution >= 4 is 23.4 Å². The Morgan fingerprint density at radius 2 is 1.87 bits per heavy atom. The Morgan fingerprint density at radius 3 is 2.43 bits per heavy atom. The summed E-state index contributed by atoms with van der Waals surface area (Å²) < 4.78 is 5.14. The van der Waals surface area contributed by atoms with Gasteiger partial charge in [-0.1, -0.05) is 19.1 Å². The first-order valence-corrected chi connectivity index (χ1v) is 10.1. The molecule has 0 bridgehead atoms. The van der Waals surface area contributed by atoms with E-state index in [9.17, 15) is 19.5 Å². The van der Waals surface area contributed by atoms with E-state index in [0.717, 1.165) is 0 Å². The largest absolute Gasteiger partial charge is 0.497 e. The summed E-state index contributed by atoms with van der Waals surface area (Å²) in [5, 5.41) is 15.2. The van der Waals surface area contributed by atoms with Crippen LogP contribution in [0.5, 0.6) is 5.75 Å². The van der Waals surface area contributed by atoms with Crippen molar-refractivity contribution in [3.63, 3.8) is 0 Å². The summed E-state index contributed by atoms with van der Waals surface area (Å²) in [7, 11) is 3.11. The van der Waals surface area contributed by atoms with E-state index >= 15 is 0 Å². The molecule has 30 heavy (non-hydrogen) atoms. The van der Waals surface area contributed by atoms with Gasteiger partial charge in [-0.2, -0.15) is 0 Å². The third kappa shape index (κ3) is 3.79. The van der Waals surface area contributed by atoms with Crippen LogP contribution in [0.25, 0.3) is 0 Å². The molecule has 3 amide bonds. The second-order valence-corrected chi connectivity index (χ2v) is 7.93. The molecule has 3 rings (SSSR count). The van der Waals surface area contributed by atoms with Gasteiger partial charge in [0.25, 0.3) is 0 Å². The Hall–Kier alpha value is -2.87. The fourth-order valence-electron chi connectivity index (χ4n) is 4.56. The van der Waals surface area contributed by atoms with E-state index in [1.807, 2.05) is 19.1 Å². The molecule has 1 saturated heterocycles. The number of amides is 3. The van der Waals surface area contributed by atoms with Crippen LogP contribution in [0.3, 0.4) is 0 Å². The molecule has 162 valence electrons. The lowest BCUT2D eigenvalue weighted by molar-refractivity contribution is -0.142. The minimum atomic E-state index is -0.817. The molecule has 1 aromatic rings. The number of hydrogen-bond acceptors (Lipinski definition) is 5. The maximum atomic E-state index is 13.4. The van der Waals surface area contributed by atoms with Gasteiger partial charge in [0.1, 0.15) is 11.8 Å². The normalized spacial score (nSPS) is 28.6. The summed E-state index contributed by atoms with van der Waals surface area (Å²) in [6.07, 6.45) is 3.77. The van der Waals surface area contributed by atoms with Gasteiger partial charge in [0.05, 0.1) is 31.6 Å². The monoisotopic (exact) mass is 415 g/mol. The SMILES string of the molecule is CNC(=O)[C@H]1[C@H]2C(=O)N([C@H](C)CO)[C@H](C(=O)Nc3ccc(OC)cc3)[C@H]2C=C[C@H]1C. The number of fused-ring (bicyclic) bond motifs is 1. The quantitative estimate of drug-likeness (QED) is 0.602. The zero-order valence-corrected chi connectivity index (χ0v) is 17.7. The topological polar surface area (TPSA) is 108 Å². The molecule has 1 aliphatic heterocycles. The molecule has 3 N–H and O–H groups in total. The second kappa shape index (κ2) is 8.87. The molecule has 8 nitrogen and oxygen atoms in total. The van der Waals surface area contributed by atoms with E-state index in [2.05, 4.69) is 10.6 Å². The molecule has 0 spiro atoms. The molecular formula is C22H29N3O5. The summed E-state index contributed by atoms with van der Waals surface area (Å²) in [5.74, 6) is -1.99. The molecule has 1 heterocycles. The standard InChI is InChI=1S/C22H29N3O5/c1-12-5-10-16-18(17(12)20(27)23-3)22(29)25(13(2)11-26)19(16)21(28)24-14-6-8-15(30-4)9-7-14/h5-10,12-13,16-19,26H,11H2,1-4H3,(H,23,27)(H,24,28)/t12-,13-,16+,17-,18+,19+/m1/s1. The number of aliphatic hydroxyl groups excluding tert-OH is 1. The fourth-order valence-corrected chi connectivity index (χ4v) is 4.56. The van der Waals surface area contributed by atoms with Crippen molar-refractivity contribution in [3.05, 3.63) is 36.4 Å². The summed E-state index contributed by atoms with van der Waals surface area (Å²) in [4.78, 5) is 40.6. The first-order chi connectivity index (χ1) is 14.3. The van der Waals surface area contributed by atoms with Crippen LogP contribution in [0, 0.1) is 23.7 Å². The predicted octanol–water partition coefficient (Wildman–Crippen LogP) is 1.03. The number of methoxy groups -OCH3 is 1. The molecule has 6 atom stereocenters. The smallest absolute Gasteiger partial charge is 0.247 e. The van der Waals surface area contributed by atoms with Crippen molar-refractivity contribution in [2.45, 2.75) is 25.9 Å². The number of rotatable bonds is 6. The summed E-state index contributed by atoms with van der Waals surface area (Å²) in [5.41, 5.74) is 0.573. The van der Waals surface area contributed by atoms with Gasteiger partial charge in [0.2, 0.25) is 17.7 Å². The Bertz CT molecular complexity index is 838. The number of benzene rings is 1. The first-order valence-electron chi connectivity index (χ1n) is 10.1. The number of ether oxygens (including phenoxy) is 1. The van der Waals surface area contributed by atoms with Crippen LogP contribution in [0.1, 0.15) is 13.8 Å². The van der Waals surface area contributed by atoms with Gasteiger partial charge in [-0.15, -0.1) is 0 Å². The molecular weight excluding hydrogens is 386 g/mol. The number of carbonyl (C=O) groups is 3. The highest BCUT2D eigenvalue weighted by Gasteiger charge is 2.57. The number of likely N-dealkylation sites (tertiary alicyclic amines) is 1. The van der Waals surface area contributed by atoms with Gasteiger partial charge in [0, 0.05) is 18.7 Å². The van der Waals surface area contributed by atoms with Crippen molar-refractivity contribution in [2.75, 3.05) is 26.1 Å². The summed E-state index contributed by atoms with van der Waals surface area (Å²) in [6, 6.07) is 5.53. The number of nitrogens with one attached hydrogen (secondary N) is 2. The van der Waals surface area contributed by atoms with Gasteiger partial charge >= 0.3 is 0 Å². The number of hydrogen-bond donors (Lipinski definition) is 3. The zero-order valence-electron chi connectivity index (χ0n) is 17.7. The lowest BCUT2D eigenvalue weighted by Crippen LogP contribution is -2.49. The van der Waals surface area contributed by atoms with Gasteiger partial charge in [-0.3, -0.25) is 14.4 Å². The first kappa shape index (κ1) is 21.8. The molecule has 0 aromatic heterocycles. The Morgan fingerprint density at radius 1 is 1.20 bits per heavy atom. The van der Waals surface area contributed by atoms with E-state index in [1.165, 1.54) is 4.90 Å². The highest BCUT2D eigenvalue weighted by Crippen LogP contribution is 2.44. The Kier molecular flexibility index (Phi) is 6.45. The van der Waals surface area contributed by atoms with E-state index in [0.29, 0.717) is 11.4 Å². The van der Waals surface area contributed by atoms with Crippen molar-refractivity contribution in [1.29, 1.82) is 0 Å². The van der Waals surface area contributed by atoms with Crippen LogP contribution < -0.4 is 15.4 Å². The summed E-state index contributed by atoms with van der Waals surface area (Å²) >= 11 is 0. The van der Waals surface area contributed by atoms with Crippen LogP contribution >= 0.6 is 0 Å². The number of anilines is 1. The van der Waals surface area contributed by atoms with E-state index in [4.69, 9.17) is 4.74 Å². The van der Waals surface area contributed by atoms with Crippen LogP contribution in [0.4, 0.5) is 5.69 Å². The highest BCUT2D eigenvalue weighted by molar-refractivity contribution is 6.02. The third-order valence-electron chi connectivity index (χ3n) is 6.12. The molecule has 1 aromatic carbocycles. The highest BCUT2D eigenvalue weighted by atomic mass is 16.5. The van der Waals surface area contributed by atoms with Crippen molar-refractivity contribution < 1.29 is 24.2 Å². The average molecular weight is 415 g/mol. The van der Waals surface area contributed by atoms with Crippen LogP contribution in [0.15, 0.2) is 36.4 Å². The van der Waals surface area contributed by atoms with Crippen molar-refractivity contribution in [3.8, 4) is 5.75 Å². The van der Waals surface area contributed by atoms with E-state index in [1.54, 1.807) is 45.3 Å². The number of allylic oxidation sites excluding steroid dienone is 1. The van der Waals surface area contributed by atoms with Gasteiger partial charge in [-0.05, 0) is 37.1 Å². The molecule has 1 aliphatic carbocycles. The van der Waals surface area contributed by atoms with Gasteiger partial charge in [-0.25, -0.2) is 0 Å². The average Bonchev–Trinajstić information content (AvgIpc) is 3.05.